The van der Waals surface area contributed by atoms with Crippen LogP contribution in [0.5, 0.6) is 5.75 Å². The highest BCUT2D eigenvalue weighted by Gasteiger charge is 2.35. The number of hydrogen-bond acceptors (Lipinski definition) is 7. The summed E-state index contributed by atoms with van der Waals surface area (Å²) < 4.78 is 35.0. The molecule has 1 saturated heterocycles. The number of benzene rings is 3. The summed E-state index contributed by atoms with van der Waals surface area (Å²) >= 11 is 0. The Morgan fingerprint density at radius 2 is 1.43 bits per heavy atom. The summed E-state index contributed by atoms with van der Waals surface area (Å²) in [5.74, 6) is 0.213. The van der Waals surface area contributed by atoms with E-state index in [0.717, 1.165) is 9.66 Å². The number of ether oxygens (including phenoxy) is 1. The summed E-state index contributed by atoms with van der Waals surface area (Å²) in [6, 6.07) is 24.3. The molecule has 2 aromatic heterocycles. The van der Waals surface area contributed by atoms with Gasteiger partial charge in [-0.1, -0.05) is 42.5 Å². The van der Waals surface area contributed by atoms with Gasteiger partial charge in [-0.2, -0.15) is 3.97 Å². The van der Waals surface area contributed by atoms with Gasteiger partial charge in [0.15, 0.2) is 0 Å². The molecule has 3 heterocycles. The smallest absolute Gasteiger partial charge is 0.344 e. The molecule has 1 aliphatic rings. The molecule has 0 spiro atoms. The van der Waals surface area contributed by atoms with Crippen molar-refractivity contribution in [3.8, 4) is 5.75 Å². The maximum absolute atomic E-state index is 14.3. The molecule has 0 radical (unpaired) electrons. The minimum Gasteiger partial charge on any atom is -0.497 e. The lowest BCUT2D eigenvalue weighted by atomic mass is 10.0. The van der Waals surface area contributed by atoms with Crippen LogP contribution in [0.15, 0.2) is 113 Å². The minimum absolute atomic E-state index is 0.0666. The van der Waals surface area contributed by atoms with Gasteiger partial charge in [-0.05, 0) is 54.1 Å². The third-order valence-corrected chi connectivity index (χ3v) is 9.27. The Hall–Kier alpha value is -4.90. The first kappa shape index (κ1) is 27.3. The van der Waals surface area contributed by atoms with Crippen LogP contribution in [0.2, 0.25) is 0 Å². The van der Waals surface area contributed by atoms with E-state index in [0.29, 0.717) is 43.0 Å². The summed E-state index contributed by atoms with van der Waals surface area (Å²) in [5.41, 5.74) is 1.34. The molecule has 0 N–H and O–H groups in total. The molecule has 0 aliphatic carbocycles. The van der Waals surface area contributed by atoms with E-state index in [4.69, 9.17) is 4.74 Å². The summed E-state index contributed by atoms with van der Waals surface area (Å²) in [4.78, 5) is 36.4. The molecule has 1 atom stereocenters. The highest BCUT2D eigenvalue weighted by molar-refractivity contribution is 7.90. The number of piperazine rings is 1. The van der Waals surface area contributed by atoms with Crippen LogP contribution < -0.4 is 15.3 Å². The number of amides is 1. The SMILES string of the molecule is COc1ccc(S(=O)(=O)n2c(=O)n(C(C(=O)N3CCN(c4ccncc4)CC3)c3ccccc3)c3ccccc32)cc1. The molecule has 1 amide bonds. The largest absolute Gasteiger partial charge is 0.497 e. The van der Waals surface area contributed by atoms with Crippen LogP contribution in [0.1, 0.15) is 11.6 Å². The maximum Gasteiger partial charge on any atom is 0.344 e. The molecule has 6 rings (SSSR count). The van der Waals surface area contributed by atoms with Crippen molar-refractivity contribution in [3.05, 3.63) is 119 Å². The van der Waals surface area contributed by atoms with E-state index in [1.54, 1.807) is 65.8 Å². The van der Waals surface area contributed by atoms with Crippen molar-refractivity contribution in [3.63, 3.8) is 0 Å². The van der Waals surface area contributed by atoms with E-state index >= 15 is 0 Å². The first-order chi connectivity index (χ1) is 20.4. The topological polar surface area (TPSA) is 107 Å². The number of methoxy groups -OCH3 is 1. The van der Waals surface area contributed by atoms with E-state index in [-0.39, 0.29) is 16.3 Å². The summed E-state index contributed by atoms with van der Waals surface area (Å²) in [5, 5.41) is 0. The van der Waals surface area contributed by atoms with Crippen LogP contribution in [0, 0.1) is 0 Å². The third-order valence-electron chi connectivity index (χ3n) is 7.56. The van der Waals surface area contributed by atoms with Gasteiger partial charge in [-0.15, -0.1) is 0 Å². The highest BCUT2D eigenvalue weighted by Crippen LogP contribution is 2.28. The second-order valence-electron chi connectivity index (χ2n) is 9.92. The molecule has 1 fully saturated rings. The summed E-state index contributed by atoms with van der Waals surface area (Å²) in [6.07, 6.45) is 3.47. The molecule has 0 bridgehead atoms. The van der Waals surface area contributed by atoms with Crippen molar-refractivity contribution in [2.24, 2.45) is 0 Å². The quantitative estimate of drug-likeness (QED) is 0.289. The number of imidazole rings is 1. The lowest BCUT2D eigenvalue weighted by Gasteiger charge is -2.37. The summed E-state index contributed by atoms with van der Waals surface area (Å²) in [7, 11) is -2.83. The summed E-state index contributed by atoms with van der Waals surface area (Å²) in [6.45, 7) is 2.11. The van der Waals surface area contributed by atoms with Gasteiger partial charge in [-0.25, -0.2) is 13.2 Å². The Kier molecular flexibility index (Phi) is 7.26. The second-order valence-corrected chi connectivity index (χ2v) is 11.7. The highest BCUT2D eigenvalue weighted by atomic mass is 32.2. The van der Waals surface area contributed by atoms with Crippen LogP contribution in [0.25, 0.3) is 11.0 Å². The van der Waals surface area contributed by atoms with Gasteiger partial charge in [0.05, 0.1) is 23.0 Å². The number of nitrogens with zero attached hydrogens (tertiary/aromatic N) is 5. The molecule has 10 nitrogen and oxygen atoms in total. The van der Waals surface area contributed by atoms with E-state index in [9.17, 15) is 18.0 Å². The predicted octanol–water partition coefficient (Wildman–Crippen LogP) is 3.38. The van der Waals surface area contributed by atoms with Crippen molar-refractivity contribution in [1.29, 1.82) is 0 Å². The molecule has 42 heavy (non-hydrogen) atoms. The van der Waals surface area contributed by atoms with E-state index < -0.39 is 21.8 Å². The van der Waals surface area contributed by atoms with Crippen molar-refractivity contribution < 1.29 is 17.9 Å². The maximum atomic E-state index is 14.3. The molecule has 11 heteroatoms. The molecular weight excluding hydrogens is 554 g/mol. The predicted molar refractivity (Wildman–Crippen MR) is 159 cm³/mol. The number of fused-ring (bicyclic) bond motifs is 1. The fourth-order valence-corrected chi connectivity index (χ4v) is 6.83. The van der Waals surface area contributed by atoms with E-state index in [1.165, 1.54) is 35.9 Å². The molecule has 3 aromatic carbocycles. The fraction of sp³-hybridized carbons (Fsp3) is 0.194. The van der Waals surface area contributed by atoms with Gasteiger partial charge in [-0.3, -0.25) is 14.3 Å². The average molecular weight is 584 g/mol. The first-order valence-corrected chi connectivity index (χ1v) is 14.9. The molecule has 1 unspecified atom stereocenters. The Labute approximate surface area is 243 Å². The standard InChI is InChI=1S/C31H29N5O5S/c1-41-25-11-13-26(14-12-25)42(39,40)36-28-10-6-5-9-27(28)35(31(36)38)29(23-7-3-2-4-8-23)30(37)34-21-19-33(20-22-34)24-15-17-32-18-16-24/h2-18,29H,19-22H2,1H3. The normalized spacial score (nSPS) is 14.6. The number of rotatable bonds is 7. The minimum atomic E-state index is -4.31. The van der Waals surface area contributed by atoms with Crippen LogP contribution >= 0.6 is 0 Å². The Bertz CT molecular complexity index is 1880. The number of carbonyl (C=O) groups is 1. The lowest BCUT2D eigenvalue weighted by molar-refractivity contribution is -0.133. The fourth-order valence-electron chi connectivity index (χ4n) is 5.43. The number of carbonyl (C=O) groups excluding carboxylic acids is 1. The zero-order valence-corrected chi connectivity index (χ0v) is 23.7. The molecule has 5 aromatic rings. The van der Waals surface area contributed by atoms with Crippen LogP contribution in [-0.4, -0.2) is 66.0 Å². The first-order valence-electron chi connectivity index (χ1n) is 13.5. The van der Waals surface area contributed by atoms with E-state index in [2.05, 4.69) is 9.88 Å². The number of para-hydroxylation sites is 2. The zero-order valence-electron chi connectivity index (χ0n) is 22.9. The van der Waals surface area contributed by atoms with Crippen LogP contribution in [0.4, 0.5) is 5.69 Å². The molecule has 1 aliphatic heterocycles. The lowest BCUT2D eigenvalue weighted by Crippen LogP contribution is -2.51. The van der Waals surface area contributed by atoms with Crippen molar-refractivity contribution in [1.82, 2.24) is 18.4 Å². The molecule has 0 saturated carbocycles. The average Bonchev–Trinajstić information content (AvgIpc) is 3.34. The molecule has 214 valence electrons. The van der Waals surface area contributed by atoms with Gasteiger partial charge in [0.25, 0.3) is 15.9 Å². The number of anilines is 1. The number of pyridine rings is 1. The second kappa shape index (κ2) is 11.2. The van der Waals surface area contributed by atoms with Crippen molar-refractivity contribution in [2.45, 2.75) is 10.9 Å². The van der Waals surface area contributed by atoms with Gasteiger partial charge in [0.1, 0.15) is 11.8 Å². The molecular formula is C31H29N5O5S. The zero-order chi connectivity index (χ0) is 29.3. The van der Waals surface area contributed by atoms with Gasteiger partial charge in [0, 0.05) is 44.3 Å². The Morgan fingerprint density at radius 1 is 0.810 bits per heavy atom. The van der Waals surface area contributed by atoms with Crippen LogP contribution in [0.3, 0.4) is 0 Å². The van der Waals surface area contributed by atoms with Gasteiger partial charge in [0.2, 0.25) is 0 Å². The van der Waals surface area contributed by atoms with E-state index in [1.807, 2.05) is 18.2 Å². The third kappa shape index (κ3) is 4.81. The van der Waals surface area contributed by atoms with Crippen molar-refractivity contribution in [2.75, 3.05) is 38.2 Å². The van der Waals surface area contributed by atoms with Gasteiger partial charge < -0.3 is 14.5 Å². The van der Waals surface area contributed by atoms with Gasteiger partial charge >= 0.3 is 5.69 Å². The number of aromatic nitrogens is 3. The van der Waals surface area contributed by atoms with Crippen molar-refractivity contribution >= 4 is 32.7 Å². The van der Waals surface area contributed by atoms with Crippen LogP contribution in [-0.2, 0) is 14.8 Å². The monoisotopic (exact) mass is 583 g/mol. The Morgan fingerprint density at radius 3 is 2.07 bits per heavy atom. The number of hydrogen-bond donors (Lipinski definition) is 0. The Balaban J connectivity index is 1.44.